The molecule has 4 fully saturated rings. The summed E-state index contributed by atoms with van der Waals surface area (Å²) in [4.78, 5) is 14.8. The van der Waals surface area contributed by atoms with E-state index in [0.717, 1.165) is 63.1 Å². The minimum Gasteiger partial charge on any atom is -0.489 e. The van der Waals surface area contributed by atoms with Crippen molar-refractivity contribution in [2.45, 2.75) is 82.7 Å². The van der Waals surface area contributed by atoms with E-state index in [1.54, 1.807) is 0 Å². The van der Waals surface area contributed by atoms with Crippen molar-refractivity contribution in [2.24, 2.45) is 11.3 Å². The minimum atomic E-state index is -3.76. The number of carbonyl (C=O) groups excluding carboxylic acids is 1. The molecule has 0 radical (unpaired) electrons. The first-order valence-corrected chi connectivity index (χ1v) is 14.8. The van der Waals surface area contributed by atoms with Crippen molar-refractivity contribution in [2.75, 3.05) is 25.9 Å². The molecule has 5 rings (SSSR count). The summed E-state index contributed by atoms with van der Waals surface area (Å²) in [6, 6.07) is 2.77. The van der Waals surface area contributed by atoms with Crippen molar-refractivity contribution in [1.29, 1.82) is 0 Å². The Labute approximate surface area is 202 Å². The van der Waals surface area contributed by atoms with E-state index in [2.05, 4.69) is 4.90 Å². The second kappa shape index (κ2) is 9.41. The van der Waals surface area contributed by atoms with Crippen molar-refractivity contribution < 1.29 is 22.3 Å². The summed E-state index contributed by atoms with van der Waals surface area (Å²) >= 11 is 0. The predicted octanol–water partition coefficient (Wildman–Crippen LogP) is 4.60. The number of halogens is 1. The number of hydrogen-bond donors (Lipinski definition) is 1. The van der Waals surface area contributed by atoms with Gasteiger partial charge in [-0.05, 0) is 99.6 Å². The van der Waals surface area contributed by atoms with E-state index in [0.29, 0.717) is 11.2 Å². The van der Waals surface area contributed by atoms with Crippen molar-refractivity contribution in [3.8, 4) is 5.75 Å². The second-order valence-corrected chi connectivity index (χ2v) is 13.0. The van der Waals surface area contributed by atoms with Gasteiger partial charge in [0.1, 0.15) is 17.7 Å². The first kappa shape index (κ1) is 24.0. The molecule has 1 N–H and O–H groups in total. The zero-order valence-corrected chi connectivity index (χ0v) is 21.0. The molecule has 4 aliphatic rings. The maximum Gasteiger partial charge on any atom is 0.267 e. The highest BCUT2D eigenvalue weighted by atomic mass is 32.2. The number of piperidine rings is 1. The molecule has 1 aromatic rings. The standard InChI is InChI=1S/C26H37FN2O4S/c1-34(31,32)28-25(30)22-14-21(19-5-6-19)24(15-23(22)27)33-20-4-2-13-29(17-20)16-18-7-11-26(12-8-18)9-3-10-26/h14-15,18-20H,2-13,16-17H2,1H3,(H,28,30)/t20-/m1/s1. The lowest BCUT2D eigenvalue weighted by Crippen LogP contribution is -2.44. The number of sulfonamides is 1. The van der Waals surface area contributed by atoms with Gasteiger partial charge in [0.15, 0.2) is 0 Å². The molecule has 3 aliphatic carbocycles. The summed E-state index contributed by atoms with van der Waals surface area (Å²) in [5.74, 6) is -0.167. The number of nitrogens with zero attached hydrogens (tertiary/aromatic N) is 1. The highest BCUT2D eigenvalue weighted by Gasteiger charge is 2.40. The van der Waals surface area contributed by atoms with Crippen molar-refractivity contribution >= 4 is 15.9 Å². The van der Waals surface area contributed by atoms with Crippen LogP contribution < -0.4 is 9.46 Å². The fraction of sp³-hybridized carbons (Fsp3) is 0.731. The first-order valence-electron chi connectivity index (χ1n) is 12.9. The zero-order chi connectivity index (χ0) is 23.9. The number of hydrogen-bond acceptors (Lipinski definition) is 5. The van der Waals surface area contributed by atoms with Crippen LogP contribution in [-0.4, -0.2) is 51.2 Å². The molecular weight excluding hydrogens is 455 g/mol. The number of benzene rings is 1. The summed E-state index contributed by atoms with van der Waals surface area (Å²) in [5, 5.41) is 0. The Hall–Kier alpha value is -1.67. The third-order valence-electron chi connectivity index (χ3n) is 8.49. The van der Waals surface area contributed by atoms with Crippen LogP contribution in [0.15, 0.2) is 12.1 Å². The van der Waals surface area contributed by atoms with Crippen LogP contribution in [0.5, 0.6) is 5.75 Å². The van der Waals surface area contributed by atoms with Gasteiger partial charge in [-0.2, -0.15) is 0 Å². The molecule has 1 spiro atoms. The third-order valence-corrected chi connectivity index (χ3v) is 9.05. The lowest BCUT2D eigenvalue weighted by molar-refractivity contribution is 0.0307. The molecule has 188 valence electrons. The molecular formula is C26H37FN2O4S. The SMILES string of the molecule is CS(=O)(=O)NC(=O)c1cc(C2CC2)c(O[C@@H]2CCCN(CC3CCC4(CCC4)CC3)C2)cc1F. The quantitative estimate of drug-likeness (QED) is 0.602. The Morgan fingerprint density at radius 2 is 1.85 bits per heavy atom. The molecule has 1 atom stereocenters. The fourth-order valence-electron chi connectivity index (χ4n) is 6.25. The van der Waals surface area contributed by atoms with E-state index < -0.39 is 21.7 Å². The van der Waals surface area contributed by atoms with Crippen LogP contribution in [0.2, 0.25) is 0 Å². The first-order chi connectivity index (χ1) is 16.2. The number of likely N-dealkylation sites (tertiary alicyclic amines) is 1. The minimum absolute atomic E-state index is 0.00270. The van der Waals surface area contributed by atoms with E-state index in [1.165, 1.54) is 57.1 Å². The molecule has 6 nitrogen and oxygen atoms in total. The van der Waals surface area contributed by atoms with Crippen molar-refractivity contribution in [3.63, 3.8) is 0 Å². The Morgan fingerprint density at radius 1 is 1.12 bits per heavy atom. The molecule has 0 unspecified atom stereocenters. The molecule has 1 aromatic carbocycles. The highest BCUT2D eigenvalue weighted by molar-refractivity contribution is 7.89. The molecule has 8 heteroatoms. The molecule has 3 saturated carbocycles. The maximum absolute atomic E-state index is 14.8. The van der Waals surface area contributed by atoms with Crippen molar-refractivity contribution in [1.82, 2.24) is 9.62 Å². The predicted molar refractivity (Wildman–Crippen MR) is 129 cm³/mol. The van der Waals surface area contributed by atoms with E-state index in [-0.39, 0.29) is 17.6 Å². The van der Waals surface area contributed by atoms with Gasteiger partial charge >= 0.3 is 0 Å². The number of amides is 1. The van der Waals surface area contributed by atoms with Gasteiger partial charge in [-0.1, -0.05) is 6.42 Å². The van der Waals surface area contributed by atoms with Crippen LogP contribution >= 0.6 is 0 Å². The Kier molecular flexibility index (Phi) is 6.66. The molecule has 0 aromatic heterocycles. The van der Waals surface area contributed by atoms with E-state index in [4.69, 9.17) is 4.74 Å². The molecule has 1 heterocycles. The normalized spacial score (nSPS) is 25.6. The van der Waals surface area contributed by atoms with E-state index >= 15 is 0 Å². The number of rotatable bonds is 7. The van der Waals surface area contributed by atoms with Gasteiger partial charge in [0.25, 0.3) is 5.91 Å². The average Bonchev–Trinajstić information content (AvgIpc) is 3.58. The lowest BCUT2D eigenvalue weighted by Gasteiger charge is -2.48. The summed E-state index contributed by atoms with van der Waals surface area (Å²) in [6.07, 6.45) is 14.6. The Balaban J connectivity index is 1.22. The smallest absolute Gasteiger partial charge is 0.267 e. The topological polar surface area (TPSA) is 75.7 Å². The molecule has 1 saturated heterocycles. The van der Waals surface area contributed by atoms with Gasteiger partial charge in [0.2, 0.25) is 10.0 Å². The van der Waals surface area contributed by atoms with Gasteiger partial charge in [0.05, 0.1) is 11.8 Å². The van der Waals surface area contributed by atoms with Gasteiger partial charge in [-0.3, -0.25) is 9.69 Å². The van der Waals surface area contributed by atoms with Crippen LogP contribution in [0.25, 0.3) is 0 Å². The number of carbonyl (C=O) groups is 1. The Bertz CT molecular complexity index is 1030. The maximum atomic E-state index is 14.8. The Morgan fingerprint density at radius 3 is 2.47 bits per heavy atom. The molecule has 0 bridgehead atoms. The zero-order valence-electron chi connectivity index (χ0n) is 20.2. The van der Waals surface area contributed by atoms with Gasteiger partial charge in [-0.15, -0.1) is 0 Å². The van der Waals surface area contributed by atoms with Gasteiger partial charge < -0.3 is 4.74 Å². The van der Waals surface area contributed by atoms with Gasteiger partial charge in [-0.25, -0.2) is 17.5 Å². The van der Waals surface area contributed by atoms with Crippen LogP contribution in [0.4, 0.5) is 4.39 Å². The third kappa shape index (κ3) is 5.59. The summed E-state index contributed by atoms with van der Waals surface area (Å²) in [6.45, 7) is 3.07. The van der Waals surface area contributed by atoms with Gasteiger partial charge in [0, 0.05) is 19.2 Å². The van der Waals surface area contributed by atoms with Crippen molar-refractivity contribution in [3.05, 3.63) is 29.1 Å². The van der Waals surface area contributed by atoms with Crippen LogP contribution in [0.3, 0.4) is 0 Å². The monoisotopic (exact) mass is 492 g/mol. The summed E-state index contributed by atoms with van der Waals surface area (Å²) in [7, 11) is -3.76. The largest absolute Gasteiger partial charge is 0.489 e. The molecule has 1 aliphatic heterocycles. The van der Waals surface area contributed by atoms with Crippen LogP contribution in [0.1, 0.15) is 92.5 Å². The van der Waals surface area contributed by atoms with Crippen LogP contribution in [-0.2, 0) is 10.0 Å². The van der Waals surface area contributed by atoms with E-state index in [9.17, 15) is 17.6 Å². The molecule has 1 amide bonds. The van der Waals surface area contributed by atoms with E-state index in [1.807, 2.05) is 4.72 Å². The average molecular weight is 493 g/mol. The second-order valence-electron chi connectivity index (χ2n) is 11.3. The number of ether oxygens (including phenoxy) is 1. The van der Waals surface area contributed by atoms with Crippen LogP contribution in [0, 0.1) is 17.2 Å². The summed E-state index contributed by atoms with van der Waals surface area (Å²) < 4.78 is 45.9. The molecule has 34 heavy (non-hydrogen) atoms. The fourth-order valence-corrected chi connectivity index (χ4v) is 6.70. The lowest BCUT2D eigenvalue weighted by atomic mass is 9.59. The highest BCUT2D eigenvalue weighted by Crippen LogP contribution is 2.52. The number of nitrogens with one attached hydrogen (secondary N) is 1. The summed E-state index contributed by atoms with van der Waals surface area (Å²) in [5.41, 5.74) is 1.26.